The molecular formula is C36H42FN7O2. The van der Waals surface area contributed by atoms with E-state index in [-0.39, 0.29) is 23.5 Å². The summed E-state index contributed by atoms with van der Waals surface area (Å²) in [5, 5.41) is 6.75. The molecule has 240 valence electrons. The zero-order valence-corrected chi connectivity index (χ0v) is 26.6. The third-order valence-corrected chi connectivity index (χ3v) is 9.60. The van der Waals surface area contributed by atoms with E-state index in [1.807, 2.05) is 53.6 Å². The van der Waals surface area contributed by atoms with Gasteiger partial charge in [-0.1, -0.05) is 20.3 Å². The molecule has 3 aliphatic heterocycles. The lowest BCUT2D eigenvalue weighted by Gasteiger charge is -2.36. The molecule has 0 spiro atoms. The van der Waals surface area contributed by atoms with Crippen LogP contribution in [0.1, 0.15) is 49.5 Å². The van der Waals surface area contributed by atoms with E-state index >= 15 is 0 Å². The van der Waals surface area contributed by atoms with Gasteiger partial charge >= 0.3 is 0 Å². The van der Waals surface area contributed by atoms with Crippen molar-refractivity contribution in [3.8, 4) is 11.4 Å². The van der Waals surface area contributed by atoms with E-state index in [4.69, 9.17) is 4.98 Å². The summed E-state index contributed by atoms with van der Waals surface area (Å²) in [5.74, 6) is 0.376. The molecule has 46 heavy (non-hydrogen) atoms. The number of halogens is 1. The number of nitrogens with one attached hydrogen (secondary N) is 2. The molecule has 3 aliphatic rings. The zero-order chi connectivity index (χ0) is 31.8. The van der Waals surface area contributed by atoms with Crippen molar-refractivity contribution in [2.24, 2.45) is 5.92 Å². The van der Waals surface area contributed by atoms with Crippen molar-refractivity contribution in [2.75, 3.05) is 67.9 Å². The number of fused-ring (bicyclic) bond motifs is 5. The molecule has 0 aliphatic carbocycles. The van der Waals surface area contributed by atoms with Gasteiger partial charge in [-0.3, -0.25) is 9.59 Å². The average Bonchev–Trinajstić information content (AvgIpc) is 3.38. The number of hydrogen-bond donors (Lipinski definition) is 2. The summed E-state index contributed by atoms with van der Waals surface area (Å²) in [7, 11) is 0. The summed E-state index contributed by atoms with van der Waals surface area (Å²) < 4.78 is 15.4. The van der Waals surface area contributed by atoms with E-state index in [1.165, 1.54) is 31.4 Å². The number of amides is 2. The fourth-order valence-electron chi connectivity index (χ4n) is 7.12. The highest BCUT2D eigenvalue weighted by Crippen LogP contribution is 2.40. The fraction of sp³-hybridized carbons (Fsp3) is 0.417. The largest absolute Gasteiger partial charge is 0.384 e. The first kappa shape index (κ1) is 30.2. The molecule has 4 heterocycles. The number of likely N-dealkylation sites (tertiary alicyclic amines) is 1. The van der Waals surface area contributed by atoms with Crippen LogP contribution in [0.15, 0.2) is 60.7 Å². The van der Waals surface area contributed by atoms with Crippen LogP contribution < -0.4 is 15.5 Å². The van der Waals surface area contributed by atoms with Crippen LogP contribution in [0, 0.1) is 11.7 Å². The van der Waals surface area contributed by atoms with Crippen molar-refractivity contribution in [2.45, 2.75) is 39.2 Å². The van der Waals surface area contributed by atoms with Gasteiger partial charge in [0.15, 0.2) is 0 Å². The number of anilines is 3. The first-order chi connectivity index (χ1) is 22.4. The predicted molar refractivity (Wildman–Crippen MR) is 181 cm³/mol. The van der Waals surface area contributed by atoms with Crippen molar-refractivity contribution < 1.29 is 14.0 Å². The van der Waals surface area contributed by atoms with Crippen molar-refractivity contribution in [1.29, 1.82) is 0 Å². The van der Waals surface area contributed by atoms with Gasteiger partial charge in [-0.25, -0.2) is 9.37 Å². The van der Waals surface area contributed by atoms with Crippen LogP contribution >= 0.6 is 0 Å². The molecule has 0 bridgehead atoms. The normalized spacial score (nSPS) is 18.7. The molecular weight excluding hydrogens is 581 g/mol. The number of piperazine rings is 1. The Morgan fingerprint density at radius 1 is 0.957 bits per heavy atom. The van der Waals surface area contributed by atoms with Crippen LogP contribution in [0.2, 0.25) is 0 Å². The molecule has 1 unspecified atom stereocenters. The number of hydrogen-bond acceptors (Lipinski definition) is 6. The molecule has 1 aromatic heterocycles. The Labute approximate surface area is 269 Å². The van der Waals surface area contributed by atoms with Crippen molar-refractivity contribution in [3.63, 3.8) is 0 Å². The van der Waals surface area contributed by atoms with Crippen LogP contribution in [-0.2, 0) is 4.79 Å². The number of rotatable bonds is 7. The average molecular weight is 624 g/mol. The van der Waals surface area contributed by atoms with Crippen molar-refractivity contribution in [1.82, 2.24) is 19.4 Å². The lowest BCUT2D eigenvalue weighted by molar-refractivity contribution is -0.120. The second-order valence-corrected chi connectivity index (χ2v) is 13.0. The Hall–Kier alpha value is -4.44. The highest BCUT2D eigenvalue weighted by molar-refractivity contribution is 6.03. The quantitative estimate of drug-likeness (QED) is 0.269. The fourth-order valence-corrected chi connectivity index (χ4v) is 7.12. The predicted octanol–water partition coefficient (Wildman–Crippen LogP) is 5.85. The molecule has 2 fully saturated rings. The second kappa shape index (κ2) is 12.7. The van der Waals surface area contributed by atoms with Gasteiger partial charge in [0.2, 0.25) is 5.91 Å². The lowest BCUT2D eigenvalue weighted by atomic mass is 10.0. The maximum atomic E-state index is 13.7. The second-order valence-electron chi connectivity index (χ2n) is 13.0. The Kier molecular flexibility index (Phi) is 8.38. The monoisotopic (exact) mass is 623 g/mol. The summed E-state index contributed by atoms with van der Waals surface area (Å²) in [6, 6.07) is 17.7. The number of benzene rings is 3. The minimum Gasteiger partial charge on any atom is -0.384 e. The number of imidazole rings is 1. The summed E-state index contributed by atoms with van der Waals surface area (Å²) >= 11 is 0. The summed E-state index contributed by atoms with van der Waals surface area (Å²) in [6.45, 7) is 10.8. The number of carbonyl (C=O) groups is 2. The van der Waals surface area contributed by atoms with Crippen LogP contribution in [0.25, 0.3) is 22.4 Å². The summed E-state index contributed by atoms with van der Waals surface area (Å²) in [4.78, 5) is 38.9. The van der Waals surface area contributed by atoms with Crippen molar-refractivity contribution in [3.05, 3.63) is 72.0 Å². The molecule has 3 aromatic carbocycles. The number of carbonyl (C=O) groups excluding carboxylic acids is 2. The number of aromatic nitrogens is 2. The first-order valence-electron chi connectivity index (χ1n) is 16.6. The third kappa shape index (κ3) is 5.93. The molecule has 10 heteroatoms. The molecule has 9 nitrogen and oxygen atoms in total. The molecule has 1 atom stereocenters. The molecule has 2 N–H and O–H groups in total. The van der Waals surface area contributed by atoms with E-state index in [9.17, 15) is 14.0 Å². The standard InChI is InChI=1S/C36H42FN7O2/c1-24(2)33-35(45)40-30-12-9-27(38-14-17-41-15-4-3-5-16-41)23-29(30)34-39-31-22-25(6-13-32(31)44(33)34)36(46)43-20-18-42(19-21-43)28-10-7-26(37)8-11-28/h6-13,22-24,33,38H,3-5,14-21H2,1-2H3,(H,40,45). The van der Waals surface area contributed by atoms with Crippen LogP contribution in [0.4, 0.5) is 21.5 Å². The number of nitrogens with zero attached hydrogens (tertiary/aromatic N) is 5. The zero-order valence-electron chi connectivity index (χ0n) is 26.6. The van der Waals surface area contributed by atoms with Gasteiger partial charge in [-0.05, 0) is 92.5 Å². The number of piperidine rings is 1. The van der Waals surface area contributed by atoms with Crippen molar-refractivity contribution >= 4 is 39.9 Å². The highest BCUT2D eigenvalue weighted by atomic mass is 19.1. The lowest BCUT2D eigenvalue weighted by Crippen LogP contribution is -2.48. The smallest absolute Gasteiger partial charge is 0.254 e. The van der Waals surface area contributed by atoms with Gasteiger partial charge in [-0.2, -0.15) is 0 Å². The topological polar surface area (TPSA) is 85.7 Å². The SMILES string of the molecule is CC(C)C1C(=O)Nc2ccc(NCCN3CCCCC3)cc2-c2nc3cc(C(=O)N4CCN(c5ccc(F)cc5)CC4)ccc3n21. The maximum absolute atomic E-state index is 13.7. The summed E-state index contributed by atoms with van der Waals surface area (Å²) in [6.07, 6.45) is 3.87. The van der Waals surface area contributed by atoms with Gasteiger partial charge < -0.3 is 29.9 Å². The Morgan fingerprint density at radius 3 is 2.46 bits per heavy atom. The third-order valence-electron chi connectivity index (χ3n) is 9.60. The van der Waals surface area contributed by atoms with Crippen LogP contribution in [0.5, 0.6) is 0 Å². The minimum absolute atomic E-state index is 0.0197. The molecule has 4 aromatic rings. The van der Waals surface area contributed by atoms with Crippen LogP contribution in [-0.4, -0.2) is 83.5 Å². The minimum atomic E-state index is -0.455. The van der Waals surface area contributed by atoms with E-state index in [2.05, 4.69) is 26.5 Å². The van der Waals surface area contributed by atoms with Gasteiger partial charge in [-0.15, -0.1) is 0 Å². The Balaban J connectivity index is 1.15. The van der Waals surface area contributed by atoms with E-state index in [0.29, 0.717) is 37.3 Å². The van der Waals surface area contributed by atoms with Gasteiger partial charge in [0.1, 0.15) is 17.7 Å². The molecule has 0 saturated carbocycles. The van der Waals surface area contributed by atoms with E-state index in [1.54, 1.807) is 12.1 Å². The van der Waals surface area contributed by atoms with Gasteiger partial charge in [0.05, 0.1) is 16.7 Å². The van der Waals surface area contributed by atoms with Gasteiger partial charge in [0.25, 0.3) is 5.91 Å². The van der Waals surface area contributed by atoms with Gasteiger partial charge in [0, 0.05) is 61.8 Å². The Bertz CT molecular complexity index is 1740. The molecule has 2 amide bonds. The first-order valence-corrected chi connectivity index (χ1v) is 16.6. The summed E-state index contributed by atoms with van der Waals surface area (Å²) in [5.41, 5.74) is 5.65. The molecule has 7 rings (SSSR count). The van der Waals surface area contributed by atoms with Crippen LogP contribution in [0.3, 0.4) is 0 Å². The van der Waals surface area contributed by atoms with E-state index in [0.717, 1.165) is 60.1 Å². The highest BCUT2D eigenvalue weighted by Gasteiger charge is 2.34. The Morgan fingerprint density at radius 2 is 1.72 bits per heavy atom. The molecule has 2 saturated heterocycles. The van der Waals surface area contributed by atoms with E-state index < -0.39 is 6.04 Å². The maximum Gasteiger partial charge on any atom is 0.254 e. The molecule has 0 radical (unpaired) electrons.